The van der Waals surface area contributed by atoms with Crippen molar-refractivity contribution in [1.29, 1.82) is 0 Å². The van der Waals surface area contributed by atoms with Gasteiger partial charge in [0.05, 0.1) is 7.11 Å². The Kier molecular flexibility index (Phi) is 4.68. The van der Waals surface area contributed by atoms with Gasteiger partial charge in [-0.05, 0) is 48.4 Å². The lowest BCUT2D eigenvalue weighted by Gasteiger charge is -2.24. The van der Waals surface area contributed by atoms with Crippen molar-refractivity contribution in [3.63, 3.8) is 0 Å². The molecule has 1 aliphatic carbocycles. The maximum Gasteiger partial charge on any atom is 0.119 e. The number of nitrogens with two attached hydrogens (primary N) is 1. The zero-order chi connectivity index (χ0) is 13.1. The van der Waals surface area contributed by atoms with E-state index in [-0.39, 0.29) is 6.04 Å². The Morgan fingerprint density at radius 2 is 2.22 bits per heavy atom. The monoisotopic (exact) mass is 311 g/mol. The van der Waals surface area contributed by atoms with E-state index >= 15 is 0 Å². The molecule has 0 saturated heterocycles. The summed E-state index contributed by atoms with van der Waals surface area (Å²) >= 11 is 3.60. The smallest absolute Gasteiger partial charge is 0.119 e. The van der Waals surface area contributed by atoms with Crippen molar-refractivity contribution in [3.8, 4) is 5.75 Å². The molecule has 0 heterocycles. The van der Waals surface area contributed by atoms with Gasteiger partial charge in [0.15, 0.2) is 0 Å². The Bertz CT molecular complexity index is 407. The van der Waals surface area contributed by atoms with Gasteiger partial charge in [0, 0.05) is 10.5 Å². The van der Waals surface area contributed by atoms with Crippen molar-refractivity contribution >= 4 is 15.9 Å². The number of ether oxygens (including phenoxy) is 1. The maximum atomic E-state index is 6.40. The largest absolute Gasteiger partial charge is 0.497 e. The second-order valence-corrected chi connectivity index (χ2v) is 6.25. The van der Waals surface area contributed by atoms with Crippen molar-refractivity contribution in [2.75, 3.05) is 7.11 Å². The molecule has 1 aromatic rings. The van der Waals surface area contributed by atoms with Crippen LogP contribution in [0.3, 0.4) is 0 Å². The van der Waals surface area contributed by atoms with Crippen molar-refractivity contribution in [2.24, 2.45) is 17.6 Å². The maximum absolute atomic E-state index is 6.40. The summed E-state index contributed by atoms with van der Waals surface area (Å²) < 4.78 is 6.41. The highest BCUT2D eigenvalue weighted by molar-refractivity contribution is 9.10. The van der Waals surface area contributed by atoms with Gasteiger partial charge in [-0.1, -0.05) is 35.7 Å². The number of hydrogen-bond acceptors (Lipinski definition) is 2. The van der Waals surface area contributed by atoms with E-state index in [2.05, 4.69) is 28.9 Å². The Morgan fingerprint density at radius 3 is 2.83 bits per heavy atom. The fraction of sp³-hybridized carbons (Fsp3) is 0.600. The summed E-state index contributed by atoms with van der Waals surface area (Å²) in [7, 11) is 1.70. The van der Waals surface area contributed by atoms with Crippen LogP contribution in [0, 0.1) is 11.8 Å². The first kappa shape index (κ1) is 13.9. The van der Waals surface area contributed by atoms with Gasteiger partial charge < -0.3 is 10.5 Å². The van der Waals surface area contributed by atoms with Crippen LogP contribution in [0.5, 0.6) is 5.75 Å². The number of benzene rings is 1. The fourth-order valence-corrected chi connectivity index (χ4v) is 3.46. The van der Waals surface area contributed by atoms with Gasteiger partial charge in [-0.15, -0.1) is 0 Å². The van der Waals surface area contributed by atoms with Gasteiger partial charge in [0.25, 0.3) is 0 Å². The molecule has 0 amide bonds. The predicted octanol–water partition coefficient (Wildman–Crippen LogP) is 3.76. The van der Waals surface area contributed by atoms with Crippen LogP contribution in [-0.4, -0.2) is 13.2 Å². The molecule has 2 N–H and O–H groups in total. The normalized spacial score (nSPS) is 25.1. The molecule has 2 nitrogen and oxygen atoms in total. The number of methoxy groups -OCH3 is 1. The predicted molar refractivity (Wildman–Crippen MR) is 78.9 cm³/mol. The lowest BCUT2D eigenvalue weighted by Crippen LogP contribution is -2.33. The first-order valence-corrected chi connectivity index (χ1v) is 7.49. The summed E-state index contributed by atoms with van der Waals surface area (Å²) in [6.45, 7) is 2.33. The highest BCUT2D eigenvalue weighted by Crippen LogP contribution is 2.35. The summed E-state index contributed by atoms with van der Waals surface area (Å²) in [4.78, 5) is 0. The Balaban J connectivity index is 2.08. The minimum atomic E-state index is 0.255. The molecular formula is C15H22BrNO. The summed E-state index contributed by atoms with van der Waals surface area (Å²) in [6, 6.07) is 6.35. The topological polar surface area (TPSA) is 35.2 Å². The standard InChI is InChI=1S/C15H22BrNO/c1-10-4-3-5-13(10)15(17)9-11-8-12(18-2)6-7-14(11)16/h6-8,10,13,15H,3-5,9,17H2,1-2H3. The summed E-state index contributed by atoms with van der Waals surface area (Å²) in [5, 5.41) is 0. The molecule has 0 aromatic heterocycles. The lowest BCUT2D eigenvalue weighted by atomic mass is 9.87. The van der Waals surface area contributed by atoms with Crippen LogP contribution in [0.4, 0.5) is 0 Å². The Labute approximate surface area is 118 Å². The van der Waals surface area contributed by atoms with E-state index in [1.165, 1.54) is 24.8 Å². The van der Waals surface area contributed by atoms with E-state index in [4.69, 9.17) is 10.5 Å². The van der Waals surface area contributed by atoms with Crippen LogP contribution in [0.2, 0.25) is 0 Å². The Hall–Kier alpha value is -0.540. The van der Waals surface area contributed by atoms with Gasteiger partial charge in [0.1, 0.15) is 5.75 Å². The quantitative estimate of drug-likeness (QED) is 0.918. The minimum absolute atomic E-state index is 0.255. The second-order valence-electron chi connectivity index (χ2n) is 5.40. The molecular weight excluding hydrogens is 290 g/mol. The zero-order valence-corrected chi connectivity index (χ0v) is 12.7. The van der Waals surface area contributed by atoms with Crippen LogP contribution < -0.4 is 10.5 Å². The number of halogens is 1. The molecule has 18 heavy (non-hydrogen) atoms. The highest BCUT2D eigenvalue weighted by atomic mass is 79.9. The van der Waals surface area contributed by atoms with Crippen LogP contribution in [0.15, 0.2) is 22.7 Å². The molecule has 0 bridgehead atoms. The summed E-state index contributed by atoms with van der Waals surface area (Å²) in [5.74, 6) is 2.34. The average molecular weight is 312 g/mol. The van der Waals surface area contributed by atoms with Crippen LogP contribution in [-0.2, 0) is 6.42 Å². The number of hydrogen-bond donors (Lipinski definition) is 1. The van der Waals surface area contributed by atoms with Gasteiger partial charge >= 0.3 is 0 Å². The molecule has 2 rings (SSSR count). The van der Waals surface area contributed by atoms with Crippen LogP contribution in [0.25, 0.3) is 0 Å². The van der Waals surface area contributed by atoms with Crippen molar-refractivity contribution in [2.45, 2.75) is 38.6 Å². The molecule has 1 fully saturated rings. The third-order valence-electron chi connectivity index (χ3n) is 4.19. The molecule has 0 radical (unpaired) electrons. The van der Waals surface area contributed by atoms with Crippen molar-refractivity contribution in [3.05, 3.63) is 28.2 Å². The van der Waals surface area contributed by atoms with Gasteiger partial charge in [0.2, 0.25) is 0 Å². The first-order valence-electron chi connectivity index (χ1n) is 6.70. The van der Waals surface area contributed by atoms with Crippen molar-refractivity contribution < 1.29 is 4.74 Å². The fourth-order valence-electron chi connectivity index (χ4n) is 3.05. The molecule has 1 aliphatic rings. The molecule has 3 heteroatoms. The molecule has 0 aliphatic heterocycles. The third kappa shape index (κ3) is 3.07. The first-order chi connectivity index (χ1) is 8.61. The minimum Gasteiger partial charge on any atom is -0.497 e. The Morgan fingerprint density at radius 1 is 1.44 bits per heavy atom. The average Bonchev–Trinajstić information content (AvgIpc) is 2.78. The van der Waals surface area contributed by atoms with Gasteiger partial charge in [-0.3, -0.25) is 0 Å². The van der Waals surface area contributed by atoms with E-state index in [0.29, 0.717) is 5.92 Å². The second kappa shape index (κ2) is 6.07. The van der Waals surface area contributed by atoms with Gasteiger partial charge in [-0.25, -0.2) is 0 Å². The summed E-state index contributed by atoms with van der Waals surface area (Å²) in [5.41, 5.74) is 7.65. The highest BCUT2D eigenvalue weighted by Gasteiger charge is 2.28. The zero-order valence-electron chi connectivity index (χ0n) is 11.2. The third-order valence-corrected chi connectivity index (χ3v) is 4.96. The molecule has 1 aromatic carbocycles. The van der Waals surface area contributed by atoms with Gasteiger partial charge in [-0.2, -0.15) is 0 Å². The summed E-state index contributed by atoms with van der Waals surface area (Å²) in [6.07, 6.45) is 4.87. The molecule has 100 valence electrons. The van der Waals surface area contributed by atoms with E-state index in [0.717, 1.165) is 22.6 Å². The van der Waals surface area contributed by atoms with E-state index in [1.54, 1.807) is 7.11 Å². The SMILES string of the molecule is COc1ccc(Br)c(CC(N)C2CCCC2C)c1. The van der Waals surface area contributed by atoms with E-state index in [9.17, 15) is 0 Å². The molecule has 1 saturated carbocycles. The van der Waals surface area contributed by atoms with E-state index < -0.39 is 0 Å². The number of rotatable bonds is 4. The molecule has 3 atom stereocenters. The van der Waals surface area contributed by atoms with Crippen LogP contribution >= 0.6 is 15.9 Å². The molecule has 3 unspecified atom stereocenters. The van der Waals surface area contributed by atoms with Crippen LogP contribution in [0.1, 0.15) is 31.7 Å². The van der Waals surface area contributed by atoms with E-state index in [1.807, 2.05) is 12.1 Å². The molecule has 0 spiro atoms. The lowest BCUT2D eigenvalue weighted by molar-refractivity contribution is 0.342. The van der Waals surface area contributed by atoms with Crippen molar-refractivity contribution in [1.82, 2.24) is 0 Å².